The minimum absolute atomic E-state index is 0.0130. The van der Waals surface area contributed by atoms with E-state index in [2.05, 4.69) is 0 Å². The fourth-order valence-electron chi connectivity index (χ4n) is 8.54. The van der Waals surface area contributed by atoms with E-state index in [1.807, 2.05) is 18.2 Å². The zero-order valence-electron chi connectivity index (χ0n) is 22.8. The SMILES string of the molecule is O=C(OCc1ccccc1)[C@@H]1[C@H](F)CCN1C(=O)c1ccc(OCC23CC4CC(CC(C4)C2)C3)c(C2CC2)c1F. The maximum atomic E-state index is 16.1. The first-order chi connectivity index (χ1) is 19.4. The van der Waals surface area contributed by atoms with Crippen molar-refractivity contribution in [3.8, 4) is 5.75 Å². The van der Waals surface area contributed by atoms with Gasteiger partial charge in [-0.05, 0) is 99.2 Å². The minimum Gasteiger partial charge on any atom is -0.493 e. The number of likely N-dealkylation sites (tertiary alicyclic amines) is 1. The Morgan fingerprint density at radius 2 is 1.60 bits per heavy atom. The third kappa shape index (κ3) is 4.79. The summed E-state index contributed by atoms with van der Waals surface area (Å²) in [4.78, 5) is 27.6. The third-order valence-corrected chi connectivity index (χ3v) is 10.1. The summed E-state index contributed by atoms with van der Waals surface area (Å²) in [6, 6.07) is 10.9. The molecule has 4 bridgehead atoms. The van der Waals surface area contributed by atoms with Crippen LogP contribution in [0.25, 0.3) is 0 Å². The van der Waals surface area contributed by atoms with Gasteiger partial charge < -0.3 is 14.4 Å². The van der Waals surface area contributed by atoms with Gasteiger partial charge in [-0.2, -0.15) is 0 Å². The van der Waals surface area contributed by atoms with Gasteiger partial charge in [0, 0.05) is 17.5 Å². The van der Waals surface area contributed by atoms with Crippen LogP contribution in [0.2, 0.25) is 0 Å². The average Bonchev–Trinajstić information content (AvgIpc) is 3.70. The molecule has 6 fully saturated rings. The number of alkyl halides is 1. The summed E-state index contributed by atoms with van der Waals surface area (Å²) in [6.45, 7) is 0.627. The number of carbonyl (C=O) groups is 2. The minimum atomic E-state index is -1.55. The zero-order valence-corrected chi connectivity index (χ0v) is 22.8. The summed E-state index contributed by atoms with van der Waals surface area (Å²) in [5.74, 6) is 0.919. The zero-order chi connectivity index (χ0) is 27.4. The van der Waals surface area contributed by atoms with Crippen molar-refractivity contribution in [2.75, 3.05) is 13.2 Å². The van der Waals surface area contributed by atoms with Gasteiger partial charge in [-0.1, -0.05) is 30.3 Å². The van der Waals surface area contributed by atoms with E-state index in [1.54, 1.807) is 18.2 Å². The van der Waals surface area contributed by atoms with Crippen molar-refractivity contribution < 1.29 is 27.8 Å². The first kappa shape index (κ1) is 26.0. The summed E-state index contributed by atoms with van der Waals surface area (Å²) >= 11 is 0. The van der Waals surface area contributed by atoms with Crippen LogP contribution in [0, 0.1) is 29.0 Å². The van der Waals surface area contributed by atoms with Crippen molar-refractivity contribution in [1.82, 2.24) is 4.90 Å². The molecule has 6 aliphatic rings. The van der Waals surface area contributed by atoms with Crippen LogP contribution < -0.4 is 4.74 Å². The highest BCUT2D eigenvalue weighted by Crippen LogP contribution is 2.60. The molecular weight excluding hydrogens is 512 g/mol. The number of carbonyl (C=O) groups excluding carboxylic acids is 2. The Balaban J connectivity index is 1.08. The molecule has 0 spiro atoms. The molecular formula is C33H37F2NO4. The molecule has 2 aromatic rings. The maximum absolute atomic E-state index is 16.1. The highest BCUT2D eigenvalue weighted by Gasteiger charge is 2.51. The van der Waals surface area contributed by atoms with Gasteiger partial charge in [0.05, 0.1) is 12.2 Å². The van der Waals surface area contributed by atoms with Crippen molar-refractivity contribution in [1.29, 1.82) is 0 Å². The molecule has 212 valence electrons. The van der Waals surface area contributed by atoms with Gasteiger partial charge in [0.25, 0.3) is 5.91 Å². The summed E-state index contributed by atoms with van der Waals surface area (Å²) < 4.78 is 42.7. The Morgan fingerprint density at radius 3 is 2.25 bits per heavy atom. The normalized spacial score (nSPS) is 32.4. The number of benzene rings is 2. The second-order valence-corrected chi connectivity index (χ2v) is 13.2. The van der Waals surface area contributed by atoms with E-state index in [4.69, 9.17) is 9.47 Å². The quantitative estimate of drug-likeness (QED) is 0.349. The molecule has 8 rings (SSSR count). The number of esters is 1. The standard InChI is InChI=1S/C33H37F2NO4/c34-26-10-11-36(30(26)32(38)39-18-20-4-2-1-3-5-20)31(37)25-8-9-27(28(29(25)35)24-6-7-24)40-19-33-15-21-12-22(16-33)14-23(13-21)17-33/h1-5,8-9,21-24,26,30H,6-7,10-19H2/t21?,22?,23?,26-,30+,33?/m1/s1. The summed E-state index contributed by atoms with van der Waals surface area (Å²) in [5.41, 5.74) is 1.31. The Bertz CT molecular complexity index is 1260. The lowest BCUT2D eigenvalue weighted by molar-refractivity contribution is -0.151. The van der Waals surface area contributed by atoms with E-state index >= 15 is 4.39 Å². The predicted octanol–water partition coefficient (Wildman–Crippen LogP) is 6.59. The monoisotopic (exact) mass is 549 g/mol. The molecule has 2 aromatic carbocycles. The van der Waals surface area contributed by atoms with E-state index in [0.717, 1.165) is 41.1 Å². The lowest BCUT2D eigenvalue weighted by atomic mass is 9.50. The number of amides is 1. The van der Waals surface area contributed by atoms with Crippen LogP contribution in [0.5, 0.6) is 5.75 Å². The first-order valence-electron chi connectivity index (χ1n) is 15.0. The molecule has 2 atom stereocenters. The molecule has 5 aliphatic carbocycles. The predicted molar refractivity (Wildman–Crippen MR) is 145 cm³/mol. The Kier molecular flexibility index (Phi) is 6.59. The first-order valence-corrected chi connectivity index (χ1v) is 15.0. The summed E-state index contributed by atoms with van der Waals surface area (Å²) in [5, 5.41) is 0. The second-order valence-electron chi connectivity index (χ2n) is 13.2. The van der Waals surface area contributed by atoms with Crippen LogP contribution in [0.4, 0.5) is 8.78 Å². The number of ether oxygens (including phenoxy) is 2. The van der Waals surface area contributed by atoms with Crippen LogP contribution in [0.15, 0.2) is 42.5 Å². The highest BCUT2D eigenvalue weighted by atomic mass is 19.1. The molecule has 0 radical (unpaired) electrons. The average molecular weight is 550 g/mol. The van der Waals surface area contributed by atoms with Gasteiger partial charge in [-0.3, -0.25) is 4.79 Å². The third-order valence-electron chi connectivity index (χ3n) is 10.1. The number of halogens is 2. The van der Waals surface area contributed by atoms with Crippen LogP contribution in [-0.4, -0.2) is 42.1 Å². The van der Waals surface area contributed by atoms with Crippen molar-refractivity contribution in [2.24, 2.45) is 23.2 Å². The van der Waals surface area contributed by atoms with Crippen LogP contribution in [0.1, 0.15) is 85.2 Å². The van der Waals surface area contributed by atoms with E-state index in [0.29, 0.717) is 17.9 Å². The summed E-state index contributed by atoms with van der Waals surface area (Å²) in [7, 11) is 0. The van der Waals surface area contributed by atoms with Gasteiger partial charge >= 0.3 is 5.97 Å². The Labute approximate surface area is 234 Å². The van der Waals surface area contributed by atoms with Crippen molar-refractivity contribution >= 4 is 11.9 Å². The number of rotatable bonds is 8. The molecule has 1 amide bonds. The van der Waals surface area contributed by atoms with E-state index < -0.39 is 29.9 Å². The lowest BCUT2D eigenvalue weighted by Gasteiger charge is -2.56. The molecule has 5 nitrogen and oxygen atoms in total. The van der Waals surface area contributed by atoms with Crippen LogP contribution >= 0.6 is 0 Å². The lowest BCUT2D eigenvalue weighted by Crippen LogP contribution is -2.48. The molecule has 0 aromatic heterocycles. The summed E-state index contributed by atoms with van der Waals surface area (Å²) in [6.07, 6.45) is 7.86. The Morgan fingerprint density at radius 1 is 0.925 bits per heavy atom. The molecule has 1 saturated heterocycles. The van der Waals surface area contributed by atoms with Crippen molar-refractivity contribution in [2.45, 2.75) is 82.5 Å². The number of hydrogen-bond donors (Lipinski definition) is 0. The van der Waals surface area contributed by atoms with Gasteiger partial charge in [0.15, 0.2) is 6.04 Å². The second kappa shape index (κ2) is 10.1. The van der Waals surface area contributed by atoms with Gasteiger partial charge in [-0.25, -0.2) is 13.6 Å². The van der Waals surface area contributed by atoms with E-state index in [9.17, 15) is 14.0 Å². The topological polar surface area (TPSA) is 55.8 Å². The van der Waals surface area contributed by atoms with E-state index in [1.165, 1.54) is 44.6 Å². The number of nitrogens with zero attached hydrogens (tertiary/aromatic N) is 1. The fourth-order valence-corrected chi connectivity index (χ4v) is 8.54. The molecule has 0 unspecified atom stereocenters. The molecule has 7 heteroatoms. The number of hydrogen-bond acceptors (Lipinski definition) is 4. The molecule has 0 N–H and O–H groups in total. The van der Waals surface area contributed by atoms with Gasteiger partial charge in [-0.15, -0.1) is 0 Å². The molecule has 1 aliphatic heterocycles. The molecule has 5 saturated carbocycles. The van der Waals surface area contributed by atoms with Gasteiger partial charge in [0.2, 0.25) is 0 Å². The van der Waals surface area contributed by atoms with Gasteiger partial charge in [0.1, 0.15) is 24.3 Å². The van der Waals surface area contributed by atoms with E-state index in [-0.39, 0.29) is 36.5 Å². The highest BCUT2D eigenvalue weighted by molar-refractivity contribution is 5.98. The molecule has 40 heavy (non-hydrogen) atoms. The fraction of sp³-hybridized carbons (Fsp3) is 0.576. The maximum Gasteiger partial charge on any atom is 0.332 e. The largest absolute Gasteiger partial charge is 0.493 e. The van der Waals surface area contributed by atoms with Crippen LogP contribution in [-0.2, 0) is 16.1 Å². The smallest absolute Gasteiger partial charge is 0.332 e. The Hall–Kier alpha value is -2.96. The van der Waals surface area contributed by atoms with Crippen LogP contribution in [0.3, 0.4) is 0 Å². The molecule has 1 heterocycles. The van der Waals surface area contributed by atoms with Crippen molar-refractivity contribution in [3.63, 3.8) is 0 Å². The van der Waals surface area contributed by atoms with Crippen molar-refractivity contribution in [3.05, 3.63) is 65.0 Å².